The fourth-order valence-corrected chi connectivity index (χ4v) is 3.72. The number of likely N-dealkylation sites (tertiary alicyclic amines) is 1. The number of alkyl halides is 3. The van der Waals surface area contributed by atoms with Crippen molar-refractivity contribution in [2.45, 2.75) is 33.0 Å². The summed E-state index contributed by atoms with van der Waals surface area (Å²) in [5.41, 5.74) is 1.01. The van der Waals surface area contributed by atoms with Gasteiger partial charge in [0.2, 0.25) is 0 Å². The molecule has 0 radical (unpaired) electrons. The Balaban J connectivity index is 1.73. The van der Waals surface area contributed by atoms with Gasteiger partial charge in [0, 0.05) is 25.0 Å². The number of halogens is 3. The van der Waals surface area contributed by atoms with E-state index in [9.17, 15) is 13.2 Å². The molecule has 0 spiro atoms. The highest BCUT2D eigenvalue weighted by molar-refractivity contribution is 7.11. The van der Waals surface area contributed by atoms with Gasteiger partial charge in [0.15, 0.2) is 5.96 Å². The Morgan fingerprint density at radius 3 is 2.71 bits per heavy atom. The lowest BCUT2D eigenvalue weighted by atomic mass is 10.1. The van der Waals surface area contributed by atoms with Gasteiger partial charge in [-0.2, -0.15) is 13.2 Å². The van der Waals surface area contributed by atoms with Gasteiger partial charge >= 0.3 is 6.18 Å². The summed E-state index contributed by atoms with van der Waals surface area (Å²) < 4.78 is 37.2. The molecule has 0 bridgehead atoms. The van der Waals surface area contributed by atoms with Crippen LogP contribution in [-0.2, 0) is 6.54 Å². The highest BCUT2D eigenvalue weighted by Gasteiger charge is 2.34. The number of nitrogens with one attached hydrogen (secondary N) is 2. The monoisotopic (exact) mass is 363 g/mol. The van der Waals surface area contributed by atoms with E-state index in [0.717, 1.165) is 22.0 Å². The highest BCUT2D eigenvalue weighted by atomic mass is 32.1. The Labute approximate surface area is 144 Å². The van der Waals surface area contributed by atoms with E-state index in [0.29, 0.717) is 32.1 Å². The lowest BCUT2D eigenvalue weighted by Gasteiger charge is -2.18. The van der Waals surface area contributed by atoms with Crippen LogP contribution < -0.4 is 10.6 Å². The van der Waals surface area contributed by atoms with Crippen molar-refractivity contribution in [1.82, 2.24) is 20.5 Å². The minimum Gasteiger partial charge on any atom is -0.356 e. The molecule has 0 aliphatic carbocycles. The van der Waals surface area contributed by atoms with Crippen LogP contribution >= 0.6 is 11.3 Å². The summed E-state index contributed by atoms with van der Waals surface area (Å²) in [4.78, 5) is 11.2. The first-order chi connectivity index (χ1) is 11.3. The third-order valence-electron chi connectivity index (χ3n) is 3.97. The molecular weight excluding hydrogens is 339 g/mol. The number of guanidine groups is 1. The number of aliphatic imine (C=N–C) groups is 1. The molecule has 136 valence electrons. The first-order valence-corrected chi connectivity index (χ1v) is 8.75. The average molecular weight is 363 g/mol. The molecule has 9 heteroatoms. The Bertz CT molecular complexity index is 570. The van der Waals surface area contributed by atoms with Gasteiger partial charge in [-0.3, -0.25) is 9.89 Å². The van der Waals surface area contributed by atoms with E-state index in [1.807, 2.05) is 13.8 Å². The van der Waals surface area contributed by atoms with Crippen LogP contribution in [-0.4, -0.2) is 55.2 Å². The van der Waals surface area contributed by atoms with Crippen molar-refractivity contribution in [3.63, 3.8) is 0 Å². The largest absolute Gasteiger partial charge is 0.401 e. The molecule has 2 N–H and O–H groups in total. The molecule has 1 atom stereocenters. The maximum absolute atomic E-state index is 12.4. The third kappa shape index (κ3) is 5.94. The van der Waals surface area contributed by atoms with Gasteiger partial charge < -0.3 is 10.6 Å². The molecule has 1 aromatic rings. The van der Waals surface area contributed by atoms with Crippen LogP contribution in [0.15, 0.2) is 4.99 Å². The standard InChI is InChI=1S/C15H24F3N5S/c1-10-13(24-11(2)22-10)7-21-14(19-3)20-6-12-4-5-23(8-12)9-15(16,17)18/h12H,4-9H2,1-3H3,(H2,19,20,21). The first-order valence-electron chi connectivity index (χ1n) is 7.93. The fourth-order valence-electron chi connectivity index (χ4n) is 2.84. The Hall–Kier alpha value is -1.35. The molecular formula is C15H24F3N5S. The molecule has 1 saturated heterocycles. The summed E-state index contributed by atoms with van der Waals surface area (Å²) in [5, 5.41) is 7.47. The van der Waals surface area contributed by atoms with Gasteiger partial charge in [-0.05, 0) is 32.7 Å². The zero-order valence-corrected chi connectivity index (χ0v) is 15.0. The van der Waals surface area contributed by atoms with Gasteiger partial charge in [0.05, 0.1) is 23.8 Å². The third-order valence-corrected chi connectivity index (χ3v) is 5.04. The number of nitrogens with zero attached hydrogens (tertiary/aromatic N) is 3. The van der Waals surface area contributed by atoms with Crippen molar-refractivity contribution in [1.29, 1.82) is 0 Å². The second kappa shape index (κ2) is 8.15. The maximum atomic E-state index is 12.4. The van der Waals surface area contributed by atoms with Crippen LogP contribution in [0.1, 0.15) is 22.0 Å². The van der Waals surface area contributed by atoms with E-state index in [4.69, 9.17) is 0 Å². The van der Waals surface area contributed by atoms with Crippen LogP contribution in [0, 0.1) is 19.8 Å². The van der Waals surface area contributed by atoms with Gasteiger partial charge in [-0.25, -0.2) is 4.98 Å². The molecule has 0 aromatic carbocycles. The SMILES string of the molecule is CN=C(NCc1sc(C)nc1C)NCC1CCN(CC(F)(F)F)C1. The first kappa shape index (κ1) is 19.0. The number of aromatic nitrogens is 1. The van der Waals surface area contributed by atoms with Crippen molar-refractivity contribution in [3.8, 4) is 0 Å². The second-order valence-corrected chi connectivity index (χ2v) is 7.34. The quantitative estimate of drug-likeness (QED) is 0.623. The second-order valence-electron chi connectivity index (χ2n) is 6.05. The zero-order chi connectivity index (χ0) is 17.7. The van der Waals surface area contributed by atoms with E-state index in [1.165, 1.54) is 4.90 Å². The van der Waals surface area contributed by atoms with Gasteiger partial charge in [-0.15, -0.1) is 11.3 Å². The van der Waals surface area contributed by atoms with E-state index in [-0.39, 0.29) is 5.92 Å². The molecule has 5 nitrogen and oxygen atoms in total. The molecule has 1 fully saturated rings. The molecule has 2 heterocycles. The van der Waals surface area contributed by atoms with E-state index in [2.05, 4.69) is 20.6 Å². The van der Waals surface area contributed by atoms with Crippen LogP contribution in [0.3, 0.4) is 0 Å². The van der Waals surface area contributed by atoms with E-state index >= 15 is 0 Å². The average Bonchev–Trinajstić information content (AvgIpc) is 3.03. The smallest absolute Gasteiger partial charge is 0.356 e. The van der Waals surface area contributed by atoms with Crippen molar-refractivity contribution in [2.24, 2.45) is 10.9 Å². The summed E-state index contributed by atoms with van der Waals surface area (Å²) in [6.07, 6.45) is -3.35. The van der Waals surface area contributed by atoms with Crippen molar-refractivity contribution in [3.05, 3.63) is 15.6 Å². The Kier molecular flexibility index (Phi) is 6.45. The fraction of sp³-hybridized carbons (Fsp3) is 0.733. The van der Waals surface area contributed by atoms with Crippen molar-refractivity contribution in [2.75, 3.05) is 33.2 Å². The summed E-state index contributed by atoms with van der Waals surface area (Å²) in [6.45, 7) is 5.36. The number of rotatable bonds is 5. The molecule has 1 aromatic heterocycles. The Morgan fingerprint density at radius 2 is 2.12 bits per heavy atom. The highest BCUT2D eigenvalue weighted by Crippen LogP contribution is 2.22. The predicted octanol–water partition coefficient (Wildman–Crippen LogP) is 2.31. The number of hydrogen-bond donors (Lipinski definition) is 2. The van der Waals surface area contributed by atoms with Crippen LogP contribution in [0.25, 0.3) is 0 Å². The normalized spacial score (nSPS) is 19.8. The summed E-state index contributed by atoms with van der Waals surface area (Å²) in [6, 6.07) is 0. The van der Waals surface area contributed by atoms with Crippen LogP contribution in [0.4, 0.5) is 13.2 Å². The number of thiazole rings is 1. The molecule has 0 saturated carbocycles. The predicted molar refractivity (Wildman–Crippen MR) is 90.4 cm³/mol. The van der Waals surface area contributed by atoms with Gasteiger partial charge in [-0.1, -0.05) is 0 Å². The number of hydrogen-bond acceptors (Lipinski definition) is 4. The molecule has 2 rings (SSSR count). The summed E-state index contributed by atoms with van der Waals surface area (Å²) in [7, 11) is 1.69. The van der Waals surface area contributed by atoms with Crippen LogP contribution in [0.2, 0.25) is 0 Å². The summed E-state index contributed by atoms with van der Waals surface area (Å²) in [5.74, 6) is 0.869. The molecule has 1 unspecified atom stereocenters. The lowest BCUT2D eigenvalue weighted by Crippen LogP contribution is -2.40. The molecule has 1 aliphatic rings. The van der Waals surface area contributed by atoms with Crippen LogP contribution in [0.5, 0.6) is 0 Å². The summed E-state index contributed by atoms with van der Waals surface area (Å²) >= 11 is 1.65. The van der Waals surface area contributed by atoms with Crippen molar-refractivity contribution >= 4 is 17.3 Å². The molecule has 0 amide bonds. The number of aryl methyl sites for hydroxylation is 2. The van der Waals surface area contributed by atoms with Gasteiger partial charge in [0.1, 0.15) is 0 Å². The molecule has 1 aliphatic heterocycles. The molecule has 24 heavy (non-hydrogen) atoms. The lowest BCUT2D eigenvalue weighted by molar-refractivity contribution is -0.143. The zero-order valence-electron chi connectivity index (χ0n) is 14.2. The van der Waals surface area contributed by atoms with E-state index in [1.54, 1.807) is 18.4 Å². The topological polar surface area (TPSA) is 52.6 Å². The maximum Gasteiger partial charge on any atom is 0.401 e. The minimum atomic E-state index is -4.12. The minimum absolute atomic E-state index is 0.207. The van der Waals surface area contributed by atoms with Gasteiger partial charge in [0.25, 0.3) is 0 Å². The van der Waals surface area contributed by atoms with E-state index < -0.39 is 12.7 Å². The Morgan fingerprint density at radius 1 is 1.38 bits per heavy atom. The van der Waals surface area contributed by atoms with Crippen molar-refractivity contribution < 1.29 is 13.2 Å².